The molecule has 0 saturated carbocycles. The van der Waals surface area contributed by atoms with Crippen LogP contribution in [-0.2, 0) is 20.7 Å². The zero-order valence-electron chi connectivity index (χ0n) is 24.3. The Hall–Kier alpha value is -4.79. The van der Waals surface area contributed by atoms with Crippen LogP contribution in [0.3, 0.4) is 0 Å². The van der Waals surface area contributed by atoms with Gasteiger partial charge in [0.15, 0.2) is 5.69 Å². The van der Waals surface area contributed by atoms with E-state index in [0.29, 0.717) is 11.4 Å². The van der Waals surface area contributed by atoms with E-state index >= 15 is 0 Å². The summed E-state index contributed by atoms with van der Waals surface area (Å²) in [5.41, 5.74) is 1.06. The molecule has 5 amide bonds. The Morgan fingerprint density at radius 1 is 1.05 bits per heavy atom. The van der Waals surface area contributed by atoms with Crippen molar-refractivity contribution in [3.8, 4) is 0 Å². The molecule has 0 spiro atoms. The Bertz CT molecular complexity index is 1520. The largest absolute Gasteiger partial charge is 0.448 e. The number of nitrogens with zero attached hydrogens (tertiary/aromatic N) is 4. The normalized spacial score (nSPS) is 20.0. The minimum absolute atomic E-state index is 0.00186. The fourth-order valence-electron chi connectivity index (χ4n) is 4.79. The molecule has 0 aliphatic carbocycles. The van der Waals surface area contributed by atoms with Gasteiger partial charge < -0.3 is 30.0 Å². The predicted octanol–water partition coefficient (Wildman–Crippen LogP) is 1.68. The number of hydrogen-bond donors (Lipinski definition) is 3. The van der Waals surface area contributed by atoms with E-state index in [1.54, 1.807) is 5.38 Å². The maximum Gasteiger partial charge on any atom is 0.410 e. The Morgan fingerprint density at radius 3 is 2.57 bits per heavy atom. The van der Waals surface area contributed by atoms with E-state index in [0.717, 1.165) is 5.56 Å². The van der Waals surface area contributed by atoms with Crippen molar-refractivity contribution in [2.45, 2.75) is 32.4 Å². The molecule has 4 bridgehead atoms. The number of benzene rings is 1. The fraction of sp³-hybridized carbons (Fsp3) is 0.414. The summed E-state index contributed by atoms with van der Waals surface area (Å²) in [4.78, 5) is 76.0. The third-order valence-electron chi connectivity index (χ3n) is 7.17. The van der Waals surface area contributed by atoms with Crippen molar-refractivity contribution >= 4 is 41.1 Å². The monoisotopic (exact) mass is 623 g/mol. The predicted molar refractivity (Wildman–Crippen MR) is 157 cm³/mol. The number of carbonyl (C=O) groups is 5. The lowest BCUT2D eigenvalue weighted by Gasteiger charge is -2.26. The number of hydrogen-bond acceptors (Lipinski definition) is 10. The number of amides is 5. The molecule has 3 aromatic rings. The first-order valence-corrected chi connectivity index (χ1v) is 15.1. The second-order valence-electron chi connectivity index (χ2n) is 10.8. The van der Waals surface area contributed by atoms with Crippen molar-refractivity contribution in [1.82, 2.24) is 35.7 Å². The van der Waals surface area contributed by atoms with Crippen LogP contribution in [0.2, 0.25) is 0 Å². The van der Waals surface area contributed by atoms with Crippen LogP contribution in [0.1, 0.15) is 63.4 Å². The number of nitrogens with one attached hydrogen (secondary N) is 3. The summed E-state index contributed by atoms with van der Waals surface area (Å²) in [6.07, 6.45) is 0.942. The van der Waals surface area contributed by atoms with E-state index < -0.39 is 41.8 Å². The van der Waals surface area contributed by atoms with Gasteiger partial charge in [0.25, 0.3) is 11.8 Å². The first kappa shape index (κ1) is 30.7. The summed E-state index contributed by atoms with van der Waals surface area (Å²) < 4.78 is 10.6. The summed E-state index contributed by atoms with van der Waals surface area (Å²) in [6.45, 7) is 3.65. The van der Waals surface area contributed by atoms with E-state index in [4.69, 9.17) is 9.15 Å². The zero-order chi connectivity index (χ0) is 31.2. The van der Waals surface area contributed by atoms with Crippen molar-refractivity contribution < 1.29 is 33.1 Å². The fourth-order valence-corrected chi connectivity index (χ4v) is 5.82. The van der Waals surface area contributed by atoms with Crippen molar-refractivity contribution in [2.24, 2.45) is 5.92 Å². The number of carbonyl (C=O) groups excluding carboxylic acids is 5. The molecule has 2 aromatic heterocycles. The number of cyclic esters (lactones) is 1. The molecule has 14 nitrogen and oxygen atoms in total. The molecule has 15 heteroatoms. The van der Waals surface area contributed by atoms with Gasteiger partial charge in [-0.15, -0.1) is 11.3 Å². The summed E-state index contributed by atoms with van der Waals surface area (Å²) in [6, 6.07) is 8.22. The molecule has 1 fully saturated rings. The molecule has 5 rings (SSSR count). The van der Waals surface area contributed by atoms with Crippen LogP contribution in [0.15, 0.2) is 46.4 Å². The lowest BCUT2D eigenvalue weighted by atomic mass is 10.0. The molecule has 1 aromatic carbocycles. The summed E-state index contributed by atoms with van der Waals surface area (Å²) >= 11 is 1.24. The van der Waals surface area contributed by atoms with Crippen LogP contribution in [0.5, 0.6) is 0 Å². The average Bonchev–Trinajstić information content (AvgIpc) is 3.77. The molecule has 4 heterocycles. The molecule has 2 aliphatic rings. The molecule has 2 atom stereocenters. The molecular weight excluding hydrogens is 590 g/mol. The average molecular weight is 624 g/mol. The SMILES string of the molecule is CC(C)[C@@H]1NC(=O)CN(C(=O)CN2CCOC2=O)CCNC(=O)c2coc(n2)[C@H](Cc2ccccc2)NC(=O)c2csc1n2. The summed E-state index contributed by atoms with van der Waals surface area (Å²) in [7, 11) is 0. The second kappa shape index (κ2) is 13.7. The highest BCUT2D eigenvalue weighted by molar-refractivity contribution is 7.09. The van der Waals surface area contributed by atoms with Crippen LogP contribution in [0.25, 0.3) is 0 Å². The van der Waals surface area contributed by atoms with Crippen molar-refractivity contribution in [1.29, 1.82) is 0 Å². The number of rotatable bonds is 5. The molecule has 44 heavy (non-hydrogen) atoms. The van der Waals surface area contributed by atoms with Gasteiger partial charge in [-0.1, -0.05) is 44.2 Å². The molecule has 1 saturated heterocycles. The molecule has 0 unspecified atom stereocenters. The van der Waals surface area contributed by atoms with E-state index in [9.17, 15) is 24.0 Å². The zero-order valence-corrected chi connectivity index (χ0v) is 25.1. The Morgan fingerprint density at radius 2 is 1.84 bits per heavy atom. The molecule has 2 aliphatic heterocycles. The first-order valence-electron chi connectivity index (χ1n) is 14.2. The minimum atomic E-state index is -0.707. The van der Waals surface area contributed by atoms with Gasteiger partial charge in [0.05, 0.1) is 19.1 Å². The highest BCUT2D eigenvalue weighted by Gasteiger charge is 2.30. The lowest BCUT2D eigenvalue weighted by Crippen LogP contribution is -2.48. The van der Waals surface area contributed by atoms with E-state index in [1.165, 1.54) is 27.4 Å². The summed E-state index contributed by atoms with van der Waals surface area (Å²) in [5, 5.41) is 10.7. The van der Waals surface area contributed by atoms with Crippen molar-refractivity contribution in [3.05, 3.63) is 69.8 Å². The number of ether oxygens (including phenoxy) is 1. The lowest BCUT2D eigenvalue weighted by molar-refractivity contribution is -0.136. The van der Waals surface area contributed by atoms with Crippen LogP contribution in [0, 0.1) is 5.92 Å². The van der Waals surface area contributed by atoms with Gasteiger partial charge in [0.1, 0.15) is 36.2 Å². The summed E-state index contributed by atoms with van der Waals surface area (Å²) in [5.74, 6) is -1.92. The number of oxazole rings is 1. The first-order chi connectivity index (χ1) is 21.2. The standard InChI is InChI=1S/C29H33N7O7S/c1-17(2)24-28-33-21(16-44-28)26(40)31-19(12-18-6-4-3-5-7-18)27-32-20(15-43-27)25(39)30-8-9-35(13-22(37)34-24)23(38)14-36-10-11-42-29(36)41/h3-7,15-17,19,24H,8-14H2,1-2H3,(H,30,39)(H,31,40)(H,34,37)/t19-,24-/m0/s1. The van der Waals surface area contributed by atoms with Gasteiger partial charge in [-0.2, -0.15) is 0 Å². The number of aromatic nitrogens is 2. The van der Waals surface area contributed by atoms with Crippen LogP contribution in [0.4, 0.5) is 4.79 Å². The quantitative estimate of drug-likeness (QED) is 0.382. The van der Waals surface area contributed by atoms with E-state index in [1.807, 2.05) is 44.2 Å². The van der Waals surface area contributed by atoms with Crippen LogP contribution >= 0.6 is 11.3 Å². The highest BCUT2D eigenvalue weighted by atomic mass is 32.1. The third-order valence-corrected chi connectivity index (χ3v) is 8.10. The highest BCUT2D eigenvalue weighted by Crippen LogP contribution is 2.26. The van der Waals surface area contributed by atoms with Gasteiger partial charge in [-0.05, 0) is 11.5 Å². The Balaban J connectivity index is 1.43. The minimum Gasteiger partial charge on any atom is -0.448 e. The second-order valence-corrected chi connectivity index (χ2v) is 11.6. The van der Waals surface area contributed by atoms with Gasteiger partial charge in [0, 0.05) is 24.9 Å². The maximum atomic E-state index is 13.4. The number of fused-ring (bicyclic) bond motifs is 4. The topological polar surface area (TPSA) is 176 Å². The molecular formula is C29H33N7O7S. The number of thiazole rings is 1. The van der Waals surface area contributed by atoms with Gasteiger partial charge in [-0.25, -0.2) is 14.8 Å². The molecule has 232 valence electrons. The van der Waals surface area contributed by atoms with Crippen molar-refractivity contribution in [2.75, 3.05) is 39.3 Å². The maximum absolute atomic E-state index is 13.4. The van der Waals surface area contributed by atoms with E-state index in [-0.39, 0.29) is 62.5 Å². The van der Waals surface area contributed by atoms with Gasteiger partial charge in [0.2, 0.25) is 17.7 Å². The van der Waals surface area contributed by atoms with Crippen LogP contribution < -0.4 is 16.0 Å². The van der Waals surface area contributed by atoms with Gasteiger partial charge >= 0.3 is 6.09 Å². The smallest absolute Gasteiger partial charge is 0.410 e. The van der Waals surface area contributed by atoms with Crippen LogP contribution in [-0.4, -0.2) is 88.8 Å². The molecule has 0 radical (unpaired) electrons. The van der Waals surface area contributed by atoms with E-state index in [2.05, 4.69) is 25.9 Å². The Labute approximate surface area is 257 Å². The Kier molecular flexibility index (Phi) is 9.53. The van der Waals surface area contributed by atoms with Crippen molar-refractivity contribution in [3.63, 3.8) is 0 Å². The third kappa shape index (κ3) is 7.40. The molecule has 3 N–H and O–H groups in total. The van der Waals surface area contributed by atoms with Gasteiger partial charge in [-0.3, -0.25) is 24.1 Å².